The highest BCUT2D eigenvalue weighted by Gasteiger charge is 2.20. The second-order valence-corrected chi connectivity index (χ2v) is 15.8. The van der Waals surface area contributed by atoms with Crippen molar-refractivity contribution in [1.29, 1.82) is 0 Å². The van der Waals surface area contributed by atoms with E-state index in [9.17, 15) is 24.6 Å². The third-order valence-corrected chi connectivity index (χ3v) is 10.7. The van der Waals surface area contributed by atoms with E-state index in [0.717, 1.165) is 25.7 Å². The van der Waals surface area contributed by atoms with E-state index >= 15 is 0 Å². The normalized spacial score (nSPS) is 11.2. The van der Waals surface area contributed by atoms with Gasteiger partial charge in [0.2, 0.25) is 11.8 Å². The predicted octanol–water partition coefficient (Wildman–Crippen LogP) is 10.5. The highest BCUT2D eigenvalue weighted by Crippen LogP contribution is 2.15. The van der Waals surface area contributed by atoms with Gasteiger partial charge in [-0.25, -0.2) is 4.79 Å². The van der Waals surface area contributed by atoms with Crippen molar-refractivity contribution in [3.8, 4) is 0 Å². The van der Waals surface area contributed by atoms with E-state index in [4.69, 9.17) is 0 Å². The first-order chi connectivity index (χ1) is 26.5. The van der Waals surface area contributed by atoms with Crippen LogP contribution in [-0.4, -0.2) is 90.3 Å². The number of aliphatic hydroxyl groups excluding tert-OH is 2. The van der Waals surface area contributed by atoms with Crippen LogP contribution in [0.3, 0.4) is 0 Å². The van der Waals surface area contributed by atoms with Gasteiger partial charge in [-0.1, -0.05) is 194 Å². The molecule has 0 aliphatic rings. The highest BCUT2D eigenvalue weighted by molar-refractivity contribution is 5.77. The number of aliphatic hydroxyl groups is 2. The quantitative estimate of drug-likeness (QED) is 0.0461. The summed E-state index contributed by atoms with van der Waals surface area (Å²) in [5.41, 5.74) is 0. The summed E-state index contributed by atoms with van der Waals surface area (Å²) in [6.45, 7) is 5.60. The van der Waals surface area contributed by atoms with Crippen molar-refractivity contribution in [1.82, 2.24) is 20.4 Å². The van der Waals surface area contributed by atoms with E-state index in [1.165, 1.54) is 177 Å². The van der Waals surface area contributed by atoms with Crippen LogP contribution in [0.15, 0.2) is 0 Å². The van der Waals surface area contributed by atoms with E-state index in [0.29, 0.717) is 25.9 Å². The number of nitrogens with one attached hydrogen (secondary N) is 2. The monoisotopic (exact) mass is 767 g/mol. The molecule has 0 bridgehead atoms. The Bertz CT molecular complexity index is 766. The molecule has 0 radical (unpaired) electrons. The van der Waals surface area contributed by atoms with Crippen LogP contribution in [0.1, 0.15) is 219 Å². The molecule has 9 nitrogen and oxygen atoms in total. The molecule has 0 aromatic rings. The Morgan fingerprint density at radius 3 is 0.852 bits per heavy atom. The SMILES string of the molecule is CCCCCCCCCCCCCCCCCC(=O)NCCN(CCO)C(=O)N(CCO)CCNC(=O)CCCCCCCCCCCCCCCCC. The van der Waals surface area contributed by atoms with Gasteiger partial charge in [0.25, 0.3) is 0 Å². The Balaban J connectivity index is 3.97. The molecule has 0 aromatic carbocycles. The summed E-state index contributed by atoms with van der Waals surface area (Å²) in [5, 5.41) is 25.0. The second kappa shape index (κ2) is 42.3. The van der Waals surface area contributed by atoms with Crippen molar-refractivity contribution in [3.05, 3.63) is 0 Å². The molecule has 0 heterocycles. The zero-order chi connectivity index (χ0) is 39.6. The second-order valence-electron chi connectivity index (χ2n) is 15.8. The van der Waals surface area contributed by atoms with E-state index in [1.54, 1.807) is 0 Å². The van der Waals surface area contributed by atoms with Gasteiger partial charge in [-0.2, -0.15) is 0 Å². The van der Waals surface area contributed by atoms with E-state index in [-0.39, 0.29) is 57.2 Å². The molecule has 0 saturated carbocycles. The Hall–Kier alpha value is -1.87. The van der Waals surface area contributed by atoms with E-state index in [1.807, 2.05) is 0 Å². The average Bonchev–Trinajstić information content (AvgIpc) is 3.17. The molecule has 0 spiro atoms. The molecule has 0 unspecified atom stereocenters. The Labute approximate surface area is 333 Å². The standard InChI is InChI=1S/C45H90N4O5/c1-3-5-7-9-11-13-15-17-19-21-23-25-27-29-31-33-43(52)46-35-37-48(39-41-50)45(54)49(40-42-51)38-36-47-44(53)34-32-30-28-26-24-22-20-18-16-14-12-10-8-6-4-2/h50-51H,3-42H2,1-2H3,(H,46,52)(H,47,53). The molecule has 4 N–H and O–H groups in total. The smallest absolute Gasteiger partial charge is 0.320 e. The maximum Gasteiger partial charge on any atom is 0.320 e. The minimum Gasteiger partial charge on any atom is -0.395 e. The topological polar surface area (TPSA) is 122 Å². The lowest BCUT2D eigenvalue weighted by Crippen LogP contribution is -2.49. The summed E-state index contributed by atoms with van der Waals surface area (Å²) in [6.07, 6.45) is 39.7. The molecule has 9 heteroatoms. The van der Waals surface area contributed by atoms with Crippen molar-refractivity contribution in [2.45, 2.75) is 219 Å². The van der Waals surface area contributed by atoms with Crippen LogP contribution >= 0.6 is 0 Å². The number of amides is 4. The first-order valence-electron chi connectivity index (χ1n) is 23.3. The Morgan fingerprint density at radius 2 is 0.611 bits per heavy atom. The van der Waals surface area contributed by atoms with Crippen LogP contribution in [0, 0.1) is 0 Å². The first-order valence-corrected chi connectivity index (χ1v) is 23.3. The van der Waals surface area contributed by atoms with Gasteiger partial charge in [-0.05, 0) is 12.8 Å². The molecule has 0 aliphatic heterocycles. The first kappa shape index (κ1) is 52.1. The Morgan fingerprint density at radius 1 is 0.370 bits per heavy atom. The zero-order valence-corrected chi connectivity index (χ0v) is 35.8. The van der Waals surface area contributed by atoms with Gasteiger partial charge < -0.3 is 30.6 Å². The van der Waals surface area contributed by atoms with Gasteiger partial charge in [0, 0.05) is 52.1 Å². The summed E-state index contributed by atoms with van der Waals surface area (Å²) in [6, 6.07) is -0.314. The summed E-state index contributed by atoms with van der Waals surface area (Å²) in [5.74, 6) is -0.0183. The maximum atomic E-state index is 13.2. The Kier molecular flexibility index (Phi) is 40.8. The van der Waals surface area contributed by atoms with Crippen molar-refractivity contribution in [2.75, 3.05) is 52.5 Å². The number of urea groups is 1. The fraction of sp³-hybridized carbons (Fsp3) is 0.933. The molecule has 54 heavy (non-hydrogen) atoms. The van der Waals surface area contributed by atoms with Crippen LogP contribution < -0.4 is 10.6 Å². The average molecular weight is 767 g/mol. The largest absolute Gasteiger partial charge is 0.395 e. The van der Waals surface area contributed by atoms with Crippen LogP contribution in [0.25, 0.3) is 0 Å². The molecule has 0 fully saturated rings. The van der Waals surface area contributed by atoms with Crippen molar-refractivity contribution in [2.24, 2.45) is 0 Å². The number of hydrogen-bond acceptors (Lipinski definition) is 5. The molecule has 0 aliphatic carbocycles. The van der Waals surface area contributed by atoms with Crippen molar-refractivity contribution >= 4 is 17.8 Å². The molecule has 0 saturated heterocycles. The van der Waals surface area contributed by atoms with E-state index < -0.39 is 0 Å². The van der Waals surface area contributed by atoms with Crippen LogP contribution in [0.5, 0.6) is 0 Å². The summed E-state index contributed by atoms with van der Waals surface area (Å²) in [4.78, 5) is 41.0. The molecule has 4 amide bonds. The summed E-state index contributed by atoms with van der Waals surface area (Å²) in [7, 11) is 0. The molecule has 0 aromatic heterocycles. The van der Waals surface area contributed by atoms with Gasteiger partial charge >= 0.3 is 6.03 Å². The lowest BCUT2D eigenvalue weighted by atomic mass is 10.0. The van der Waals surface area contributed by atoms with Gasteiger partial charge in [-0.15, -0.1) is 0 Å². The van der Waals surface area contributed by atoms with Gasteiger partial charge in [0.05, 0.1) is 13.2 Å². The highest BCUT2D eigenvalue weighted by atomic mass is 16.3. The third-order valence-electron chi connectivity index (χ3n) is 10.7. The van der Waals surface area contributed by atoms with Gasteiger partial charge in [-0.3, -0.25) is 9.59 Å². The van der Waals surface area contributed by atoms with Crippen molar-refractivity contribution < 1.29 is 24.6 Å². The predicted molar refractivity (Wildman–Crippen MR) is 228 cm³/mol. The molecular formula is C45H90N4O5. The van der Waals surface area contributed by atoms with Crippen LogP contribution in [-0.2, 0) is 9.59 Å². The number of unbranched alkanes of at least 4 members (excludes halogenated alkanes) is 28. The fourth-order valence-corrected chi connectivity index (χ4v) is 7.20. The van der Waals surface area contributed by atoms with Gasteiger partial charge in [0.1, 0.15) is 0 Å². The number of carbonyl (C=O) groups is 3. The minimum absolute atomic E-state index is 0.00916. The lowest BCUT2D eigenvalue weighted by Gasteiger charge is -2.30. The molecule has 0 rings (SSSR count). The van der Waals surface area contributed by atoms with Crippen LogP contribution in [0.4, 0.5) is 4.79 Å². The number of hydrogen-bond donors (Lipinski definition) is 4. The number of nitrogens with zero attached hydrogens (tertiary/aromatic N) is 2. The molecular weight excluding hydrogens is 677 g/mol. The number of carbonyl (C=O) groups excluding carboxylic acids is 3. The zero-order valence-electron chi connectivity index (χ0n) is 35.8. The third kappa shape index (κ3) is 35.8. The van der Waals surface area contributed by atoms with Gasteiger partial charge in [0.15, 0.2) is 0 Å². The van der Waals surface area contributed by atoms with Crippen LogP contribution in [0.2, 0.25) is 0 Å². The summed E-state index contributed by atoms with van der Waals surface area (Å²) < 4.78 is 0. The summed E-state index contributed by atoms with van der Waals surface area (Å²) >= 11 is 0. The number of rotatable bonds is 42. The fourth-order valence-electron chi connectivity index (χ4n) is 7.20. The minimum atomic E-state index is -0.314. The van der Waals surface area contributed by atoms with Crippen molar-refractivity contribution in [3.63, 3.8) is 0 Å². The van der Waals surface area contributed by atoms with E-state index in [2.05, 4.69) is 24.5 Å². The lowest BCUT2D eigenvalue weighted by molar-refractivity contribution is -0.122. The molecule has 320 valence electrons. The maximum absolute atomic E-state index is 13.2. The molecule has 0 atom stereocenters.